The van der Waals surface area contributed by atoms with Crippen LogP contribution in [0.1, 0.15) is 33.1 Å². The number of carbonyl (C=O) groups excluding carboxylic acids is 2. The molecule has 1 atom stereocenters. The zero-order chi connectivity index (χ0) is 12.7. The van der Waals surface area contributed by atoms with E-state index in [1.807, 2.05) is 0 Å². The van der Waals surface area contributed by atoms with Gasteiger partial charge in [-0.3, -0.25) is 4.79 Å². The van der Waals surface area contributed by atoms with Crippen LogP contribution in [-0.4, -0.2) is 36.5 Å². The molecule has 0 N–H and O–H groups in total. The van der Waals surface area contributed by atoms with E-state index in [-0.39, 0.29) is 11.9 Å². The van der Waals surface area contributed by atoms with Crippen LogP contribution < -0.4 is 0 Å². The maximum absolute atomic E-state index is 11.7. The quantitative estimate of drug-likeness (QED) is 0.554. The van der Waals surface area contributed by atoms with Gasteiger partial charge in [-0.1, -0.05) is 13.0 Å². The lowest BCUT2D eigenvalue weighted by Gasteiger charge is -2.18. The molecule has 0 aromatic carbocycles. The fraction of sp³-hybridized carbons (Fsp3) is 0.692. The van der Waals surface area contributed by atoms with Gasteiger partial charge < -0.3 is 9.64 Å². The molecule has 0 bridgehead atoms. The molecule has 1 rings (SSSR count). The summed E-state index contributed by atoms with van der Waals surface area (Å²) in [4.78, 5) is 24.6. The molecular formula is C13H21NO3. The van der Waals surface area contributed by atoms with Gasteiger partial charge in [0.05, 0.1) is 6.61 Å². The van der Waals surface area contributed by atoms with Crippen molar-refractivity contribution in [3.05, 3.63) is 12.2 Å². The van der Waals surface area contributed by atoms with Crippen LogP contribution in [0, 0.1) is 5.92 Å². The lowest BCUT2D eigenvalue weighted by atomic mass is 10.0. The number of carbonyl (C=O) groups is 2. The lowest BCUT2D eigenvalue weighted by molar-refractivity contribution is -0.137. The average Bonchev–Trinajstić information content (AvgIpc) is 2.44. The third-order valence-corrected chi connectivity index (χ3v) is 2.96. The van der Waals surface area contributed by atoms with E-state index in [2.05, 4.69) is 6.92 Å². The van der Waals surface area contributed by atoms with Crippen molar-refractivity contribution in [1.82, 2.24) is 4.90 Å². The van der Waals surface area contributed by atoms with Crippen molar-refractivity contribution in [2.75, 3.05) is 19.7 Å². The Morgan fingerprint density at radius 3 is 3.00 bits per heavy atom. The Morgan fingerprint density at radius 1 is 1.53 bits per heavy atom. The summed E-state index contributed by atoms with van der Waals surface area (Å²) in [6.07, 6.45) is 5.72. The number of rotatable bonds is 4. The normalized spacial score (nSPS) is 21.6. The highest BCUT2D eigenvalue weighted by molar-refractivity contribution is 5.82. The first kappa shape index (κ1) is 13.7. The van der Waals surface area contributed by atoms with E-state index < -0.39 is 0 Å². The van der Waals surface area contributed by atoms with Crippen molar-refractivity contribution in [2.45, 2.75) is 33.1 Å². The molecule has 1 aliphatic rings. The SMILES string of the molecule is CCOC(=O)/C=C/CN1CCC(C)CCC1=O. The Hall–Kier alpha value is -1.32. The summed E-state index contributed by atoms with van der Waals surface area (Å²) in [6, 6.07) is 0. The molecule has 0 aromatic heterocycles. The summed E-state index contributed by atoms with van der Waals surface area (Å²) < 4.78 is 4.77. The lowest BCUT2D eigenvalue weighted by Crippen LogP contribution is -2.30. The zero-order valence-corrected chi connectivity index (χ0v) is 10.6. The first-order valence-corrected chi connectivity index (χ1v) is 6.24. The fourth-order valence-corrected chi connectivity index (χ4v) is 1.83. The molecule has 1 aliphatic heterocycles. The van der Waals surface area contributed by atoms with Crippen LogP contribution in [0.4, 0.5) is 0 Å². The van der Waals surface area contributed by atoms with Gasteiger partial charge >= 0.3 is 5.97 Å². The second-order valence-electron chi connectivity index (χ2n) is 4.43. The number of likely N-dealkylation sites (tertiary alicyclic amines) is 1. The second kappa shape index (κ2) is 7.09. The van der Waals surface area contributed by atoms with Crippen LogP contribution in [0.25, 0.3) is 0 Å². The monoisotopic (exact) mass is 239 g/mol. The maximum atomic E-state index is 11.7. The maximum Gasteiger partial charge on any atom is 0.330 e. The Morgan fingerprint density at radius 2 is 2.29 bits per heavy atom. The van der Waals surface area contributed by atoms with E-state index in [1.54, 1.807) is 17.9 Å². The van der Waals surface area contributed by atoms with Crippen molar-refractivity contribution in [1.29, 1.82) is 0 Å². The molecule has 4 heteroatoms. The largest absolute Gasteiger partial charge is 0.463 e. The van der Waals surface area contributed by atoms with Gasteiger partial charge in [-0.15, -0.1) is 0 Å². The third kappa shape index (κ3) is 5.02. The molecule has 0 aliphatic carbocycles. The van der Waals surface area contributed by atoms with Crippen LogP contribution >= 0.6 is 0 Å². The number of hydrogen-bond acceptors (Lipinski definition) is 3. The van der Waals surface area contributed by atoms with Crippen LogP contribution in [0.3, 0.4) is 0 Å². The van der Waals surface area contributed by atoms with Gasteiger partial charge in [0, 0.05) is 25.6 Å². The number of ether oxygens (including phenoxy) is 1. The molecule has 4 nitrogen and oxygen atoms in total. The second-order valence-corrected chi connectivity index (χ2v) is 4.43. The van der Waals surface area contributed by atoms with Crippen LogP contribution in [0.5, 0.6) is 0 Å². The highest BCUT2D eigenvalue weighted by Gasteiger charge is 2.18. The van der Waals surface area contributed by atoms with E-state index in [9.17, 15) is 9.59 Å². The molecule has 1 heterocycles. The summed E-state index contributed by atoms with van der Waals surface area (Å²) in [7, 11) is 0. The Bertz CT molecular complexity index is 299. The smallest absolute Gasteiger partial charge is 0.330 e. The molecule has 1 amide bonds. The van der Waals surface area contributed by atoms with E-state index in [0.717, 1.165) is 19.4 Å². The minimum atomic E-state index is -0.344. The van der Waals surface area contributed by atoms with Crippen molar-refractivity contribution >= 4 is 11.9 Å². The summed E-state index contributed by atoms with van der Waals surface area (Å²) in [6.45, 7) is 5.61. The van der Waals surface area contributed by atoms with Gasteiger partial charge in [-0.25, -0.2) is 4.79 Å². The Kier molecular flexibility index (Phi) is 5.73. The molecule has 1 fully saturated rings. The summed E-state index contributed by atoms with van der Waals surface area (Å²) in [5.74, 6) is 0.448. The van der Waals surface area contributed by atoms with Crippen LogP contribution in [0.2, 0.25) is 0 Å². The van der Waals surface area contributed by atoms with Crippen LogP contribution in [0.15, 0.2) is 12.2 Å². The molecule has 1 unspecified atom stereocenters. The highest BCUT2D eigenvalue weighted by Crippen LogP contribution is 2.17. The number of hydrogen-bond donors (Lipinski definition) is 0. The van der Waals surface area contributed by atoms with Crippen molar-refractivity contribution in [3.8, 4) is 0 Å². The first-order valence-electron chi connectivity index (χ1n) is 6.24. The van der Waals surface area contributed by atoms with Gasteiger partial charge in [-0.05, 0) is 25.7 Å². The molecule has 0 saturated carbocycles. The molecule has 0 radical (unpaired) electrons. The van der Waals surface area contributed by atoms with Crippen molar-refractivity contribution in [2.24, 2.45) is 5.92 Å². The predicted octanol–water partition coefficient (Wildman–Crippen LogP) is 1.75. The molecule has 17 heavy (non-hydrogen) atoms. The first-order chi connectivity index (χ1) is 8.13. The van der Waals surface area contributed by atoms with Gasteiger partial charge in [0.15, 0.2) is 0 Å². The van der Waals surface area contributed by atoms with E-state index >= 15 is 0 Å². The van der Waals surface area contributed by atoms with Gasteiger partial charge in [0.1, 0.15) is 0 Å². The minimum absolute atomic E-state index is 0.183. The van der Waals surface area contributed by atoms with Gasteiger partial charge in [0.25, 0.3) is 0 Å². The highest BCUT2D eigenvalue weighted by atomic mass is 16.5. The molecule has 0 spiro atoms. The summed E-state index contributed by atoms with van der Waals surface area (Å²) in [5, 5.41) is 0. The number of nitrogens with zero attached hydrogens (tertiary/aromatic N) is 1. The molecule has 96 valence electrons. The summed E-state index contributed by atoms with van der Waals surface area (Å²) in [5.41, 5.74) is 0. The summed E-state index contributed by atoms with van der Waals surface area (Å²) >= 11 is 0. The topological polar surface area (TPSA) is 46.6 Å². The van der Waals surface area contributed by atoms with Crippen molar-refractivity contribution < 1.29 is 14.3 Å². The Balaban J connectivity index is 2.39. The third-order valence-electron chi connectivity index (χ3n) is 2.96. The fourth-order valence-electron chi connectivity index (χ4n) is 1.83. The standard InChI is InChI=1S/C13H21NO3/c1-3-17-13(16)5-4-9-14-10-8-11(2)6-7-12(14)15/h4-5,11H,3,6-10H2,1-2H3/b5-4+. The average molecular weight is 239 g/mol. The van der Waals surface area contributed by atoms with E-state index in [1.165, 1.54) is 6.08 Å². The molecule has 1 saturated heterocycles. The minimum Gasteiger partial charge on any atom is -0.463 e. The molecule has 0 aromatic rings. The van der Waals surface area contributed by atoms with Crippen molar-refractivity contribution in [3.63, 3.8) is 0 Å². The van der Waals surface area contributed by atoms with E-state index in [4.69, 9.17) is 4.74 Å². The predicted molar refractivity (Wildman–Crippen MR) is 65.4 cm³/mol. The van der Waals surface area contributed by atoms with Gasteiger partial charge in [0.2, 0.25) is 5.91 Å². The molecular weight excluding hydrogens is 218 g/mol. The van der Waals surface area contributed by atoms with Gasteiger partial charge in [-0.2, -0.15) is 0 Å². The number of amides is 1. The zero-order valence-electron chi connectivity index (χ0n) is 10.6. The number of esters is 1. The van der Waals surface area contributed by atoms with Crippen LogP contribution in [-0.2, 0) is 14.3 Å². The van der Waals surface area contributed by atoms with E-state index in [0.29, 0.717) is 25.5 Å². The Labute approximate surface area is 103 Å².